The van der Waals surface area contributed by atoms with Crippen molar-refractivity contribution in [3.8, 4) is 5.75 Å². The second-order valence-corrected chi connectivity index (χ2v) is 4.70. The van der Waals surface area contributed by atoms with Crippen molar-refractivity contribution in [1.82, 2.24) is 0 Å². The number of hydrogen-bond donors (Lipinski definition) is 2. The molecule has 0 heterocycles. The summed E-state index contributed by atoms with van der Waals surface area (Å²) in [6, 6.07) is 10.2. The van der Waals surface area contributed by atoms with Crippen LogP contribution in [0.25, 0.3) is 0 Å². The maximum Gasteiger partial charge on any atom is 0.340 e. The van der Waals surface area contributed by atoms with Crippen LogP contribution in [0.15, 0.2) is 36.4 Å². The molecular weight excluding hydrogens is 292 g/mol. The molecule has 0 fully saturated rings. The van der Waals surface area contributed by atoms with Crippen molar-refractivity contribution in [3.63, 3.8) is 0 Å². The van der Waals surface area contributed by atoms with E-state index >= 15 is 0 Å². The van der Waals surface area contributed by atoms with Crippen LogP contribution in [0.3, 0.4) is 0 Å². The lowest BCUT2D eigenvalue weighted by atomic mass is 10.1. The van der Waals surface area contributed by atoms with Crippen molar-refractivity contribution in [3.05, 3.63) is 47.0 Å². The Morgan fingerprint density at radius 2 is 1.95 bits per heavy atom. The molecule has 0 aromatic heterocycles. The van der Waals surface area contributed by atoms with E-state index in [0.29, 0.717) is 33.4 Å². The normalized spacial score (nSPS) is 10.0. The molecule has 6 heteroatoms. The number of rotatable bonds is 4. The highest BCUT2D eigenvalue weighted by molar-refractivity contribution is 6.31. The van der Waals surface area contributed by atoms with E-state index in [4.69, 9.17) is 26.8 Å². The molecule has 2 aromatic carbocycles. The van der Waals surface area contributed by atoms with Crippen LogP contribution in [0.1, 0.15) is 10.4 Å². The van der Waals surface area contributed by atoms with E-state index in [9.17, 15) is 4.79 Å². The van der Waals surface area contributed by atoms with E-state index in [1.165, 1.54) is 7.11 Å². The average molecular weight is 307 g/mol. The van der Waals surface area contributed by atoms with E-state index in [0.717, 1.165) is 0 Å². The number of halogens is 1. The van der Waals surface area contributed by atoms with Gasteiger partial charge < -0.3 is 20.5 Å². The lowest BCUT2D eigenvalue weighted by Crippen LogP contribution is -2.06. The van der Waals surface area contributed by atoms with Crippen molar-refractivity contribution in [2.45, 2.75) is 0 Å². The molecule has 0 spiro atoms. The average Bonchev–Trinajstić information content (AvgIpc) is 2.48. The van der Waals surface area contributed by atoms with Gasteiger partial charge in [-0.15, -0.1) is 0 Å². The number of nitrogen functional groups attached to an aromatic ring is 1. The molecule has 0 radical (unpaired) electrons. The Balaban J connectivity index is 2.36. The molecule has 0 unspecified atom stereocenters. The third kappa shape index (κ3) is 3.38. The molecule has 2 rings (SSSR count). The second-order valence-electron chi connectivity index (χ2n) is 4.26. The predicted molar refractivity (Wildman–Crippen MR) is 83.5 cm³/mol. The van der Waals surface area contributed by atoms with Crippen LogP contribution in [0.2, 0.25) is 5.02 Å². The molecule has 2 aromatic rings. The Kier molecular flexibility index (Phi) is 4.55. The van der Waals surface area contributed by atoms with Gasteiger partial charge in [0.2, 0.25) is 0 Å². The van der Waals surface area contributed by atoms with Gasteiger partial charge in [0.1, 0.15) is 5.75 Å². The standard InChI is InChI=1S/C15H15ClN2O3/c1-20-14-6-3-9(16)7-13(14)18-10-4-5-12(17)11(8-10)15(19)21-2/h3-8,18H,17H2,1-2H3. The summed E-state index contributed by atoms with van der Waals surface area (Å²) in [5, 5.41) is 3.71. The maximum atomic E-state index is 11.6. The molecule has 0 aliphatic carbocycles. The van der Waals surface area contributed by atoms with Gasteiger partial charge in [0.05, 0.1) is 25.5 Å². The van der Waals surface area contributed by atoms with E-state index in [2.05, 4.69) is 5.32 Å². The van der Waals surface area contributed by atoms with Crippen LogP contribution in [-0.2, 0) is 4.74 Å². The quantitative estimate of drug-likeness (QED) is 0.668. The Bertz CT molecular complexity index is 674. The monoisotopic (exact) mass is 306 g/mol. The molecule has 110 valence electrons. The van der Waals surface area contributed by atoms with Gasteiger partial charge in [-0.3, -0.25) is 0 Å². The van der Waals surface area contributed by atoms with Crippen LogP contribution in [-0.4, -0.2) is 20.2 Å². The van der Waals surface area contributed by atoms with E-state index < -0.39 is 5.97 Å². The molecule has 0 saturated carbocycles. The molecule has 21 heavy (non-hydrogen) atoms. The fourth-order valence-corrected chi connectivity index (χ4v) is 2.03. The topological polar surface area (TPSA) is 73.6 Å². The van der Waals surface area contributed by atoms with Gasteiger partial charge in [0.15, 0.2) is 0 Å². The van der Waals surface area contributed by atoms with Gasteiger partial charge in [0, 0.05) is 16.4 Å². The number of ether oxygens (including phenoxy) is 2. The number of carbonyl (C=O) groups is 1. The number of anilines is 3. The van der Waals surface area contributed by atoms with Crippen LogP contribution in [0, 0.1) is 0 Å². The minimum absolute atomic E-state index is 0.295. The van der Waals surface area contributed by atoms with Gasteiger partial charge in [-0.2, -0.15) is 0 Å². The summed E-state index contributed by atoms with van der Waals surface area (Å²) >= 11 is 5.98. The minimum atomic E-state index is -0.491. The summed E-state index contributed by atoms with van der Waals surface area (Å²) < 4.78 is 9.95. The molecule has 0 amide bonds. The highest BCUT2D eigenvalue weighted by Gasteiger charge is 2.12. The number of methoxy groups -OCH3 is 2. The smallest absolute Gasteiger partial charge is 0.340 e. The summed E-state index contributed by atoms with van der Waals surface area (Å²) in [6.07, 6.45) is 0. The Morgan fingerprint density at radius 1 is 1.19 bits per heavy atom. The van der Waals surface area contributed by atoms with Gasteiger partial charge in [-0.25, -0.2) is 4.79 Å². The second kappa shape index (κ2) is 6.37. The van der Waals surface area contributed by atoms with Crippen molar-refractivity contribution in [2.75, 3.05) is 25.3 Å². The minimum Gasteiger partial charge on any atom is -0.495 e. The fourth-order valence-electron chi connectivity index (χ4n) is 1.85. The zero-order valence-corrected chi connectivity index (χ0v) is 12.4. The van der Waals surface area contributed by atoms with Crippen molar-refractivity contribution >= 4 is 34.6 Å². The molecular formula is C15H15ClN2O3. The van der Waals surface area contributed by atoms with E-state index in [1.807, 2.05) is 0 Å². The van der Waals surface area contributed by atoms with Gasteiger partial charge >= 0.3 is 5.97 Å². The van der Waals surface area contributed by atoms with E-state index in [1.54, 1.807) is 43.5 Å². The lowest BCUT2D eigenvalue weighted by Gasteiger charge is -2.13. The molecule has 5 nitrogen and oxygen atoms in total. The van der Waals surface area contributed by atoms with Crippen molar-refractivity contribution in [1.29, 1.82) is 0 Å². The lowest BCUT2D eigenvalue weighted by molar-refractivity contribution is 0.0602. The zero-order chi connectivity index (χ0) is 15.4. The molecule has 0 bridgehead atoms. The summed E-state index contributed by atoms with van der Waals surface area (Å²) in [4.78, 5) is 11.6. The first-order valence-corrected chi connectivity index (χ1v) is 6.51. The number of esters is 1. The summed E-state index contributed by atoms with van der Waals surface area (Å²) in [5.74, 6) is 0.144. The number of carbonyl (C=O) groups excluding carboxylic acids is 1. The summed E-state index contributed by atoms with van der Waals surface area (Å²) in [6.45, 7) is 0. The first kappa shape index (κ1) is 15.0. The SMILES string of the molecule is COC(=O)c1cc(Nc2cc(Cl)ccc2OC)ccc1N. The molecule has 0 aliphatic heterocycles. The summed E-state index contributed by atoms with van der Waals surface area (Å²) in [7, 11) is 2.87. The number of nitrogens with two attached hydrogens (primary N) is 1. The zero-order valence-electron chi connectivity index (χ0n) is 11.6. The molecule has 3 N–H and O–H groups in total. The first-order valence-electron chi connectivity index (χ1n) is 6.13. The van der Waals surface area contributed by atoms with Crippen molar-refractivity contribution in [2.24, 2.45) is 0 Å². The third-order valence-corrected chi connectivity index (χ3v) is 3.13. The van der Waals surface area contributed by atoms with Crippen LogP contribution >= 0.6 is 11.6 Å². The van der Waals surface area contributed by atoms with Crippen molar-refractivity contribution < 1.29 is 14.3 Å². The third-order valence-electron chi connectivity index (χ3n) is 2.90. The molecule has 0 atom stereocenters. The Morgan fingerprint density at radius 3 is 2.62 bits per heavy atom. The van der Waals surface area contributed by atoms with Gasteiger partial charge in [-0.05, 0) is 36.4 Å². The number of hydrogen-bond acceptors (Lipinski definition) is 5. The number of benzene rings is 2. The largest absolute Gasteiger partial charge is 0.495 e. The molecule has 0 saturated heterocycles. The Labute approximate surface area is 127 Å². The van der Waals surface area contributed by atoms with Crippen LogP contribution in [0.4, 0.5) is 17.1 Å². The van der Waals surface area contributed by atoms with Crippen LogP contribution < -0.4 is 15.8 Å². The molecule has 0 aliphatic rings. The number of nitrogens with one attached hydrogen (secondary N) is 1. The first-order chi connectivity index (χ1) is 10.0. The highest BCUT2D eigenvalue weighted by atomic mass is 35.5. The van der Waals surface area contributed by atoms with E-state index in [-0.39, 0.29) is 0 Å². The highest BCUT2D eigenvalue weighted by Crippen LogP contribution is 2.31. The van der Waals surface area contributed by atoms with Gasteiger partial charge in [-0.1, -0.05) is 11.6 Å². The Hall–Kier alpha value is -2.40. The van der Waals surface area contributed by atoms with Gasteiger partial charge in [0.25, 0.3) is 0 Å². The summed E-state index contributed by atoms with van der Waals surface area (Å²) in [5.41, 5.74) is 7.77. The maximum absolute atomic E-state index is 11.6. The van der Waals surface area contributed by atoms with Crippen LogP contribution in [0.5, 0.6) is 5.75 Å². The predicted octanol–water partition coefficient (Wildman–Crippen LogP) is 3.46. The fraction of sp³-hybridized carbons (Fsp3) is 0.133.